The van der Waals surface area contributed by atoms with E-state index in [1.54, 1.807) is 26.2 Å². The molecule has 0 heterocycles. The van der Waals surface area contributed by atoms with Crippen LogP contribution in [-0.2, 0) is 11.2 Å². The van der Waals surface area contributed by atoms with Gasteiger partial charge in [-0.05, 0) is 31.2 Å². The van der Waals surface area contributed by atoms with Crippen LogP contribution in [-0.4, -0.2) is 43.3 Å². The molecule has 1 aromatic carbocycles. The molecule has 0 spiro atoms. The largest absolute Gasteiger partial charge is 0.480 e. The van der Waals surface area contributed by atoms with Crippen molar-refractivity contribution < 1.29 is 9.90 Å². The molecule has 0 aliphatic heterocycles. The smallest absolute Gasteiger partial charge is 0.321 e. The van der Waals surface area contributed by atoms with E-state index in [0.717, 1.165) is 11.3 Å². The summed E-state index contributed by atoms with van der Waals surface area (Å²) in [6.07, 6.45) is 0.441. The van der Waals surface area contributed by atoms with E-state index in [0.29, 0.717) is 6.42 Å². The topological polar surface area (TPSA) is 77.3 Å². The number of benzene rings is 1. The van der Waals surface area contributed by atoms with Crippen LogP contribution in [0.4, 0.5) is 5.69 Å². The van der Waals surface area contributed by atoms with Crippen LogP contribution in [0.15, 0.2) is 34.6 Å². The van der Waals surface area contributed by atoms with Gasteiger partial charge in [0.05, 0.1) is 5.69 Å². The zero-order valence-electron chi connectivity index (χ0n) is 10.8. The number of carboxylic acid groups (broad SMARTS) is 1. The van der Waals surface area contributed by atoms with Gasteiger partial charge in [-0.1, -0.05) is 17.4 Å². The number of nitrogens with zero attached hydrogens (tertiary/aromatic N) is 3. The maximum atomic E-state index is 10.9. The number of rotatable bonds is 6. The lowest BCUT2D eigenvalue weighted by Crippen LogP contribution is -2.35. The van der Waals surface area contributed by atoms with E-state index in [2.05, 4.69) is 15.7 Å². The van der Waals surface area contributed by atoms with Crippen molar-refractivity contribution >= 4 is 11.7 Å². The van der Waals surface area contributed by atoms with Gasteiger partial charge in [-0.3, -0.25) is 9.80 Å². The molecule has 1 aromatic rings. The summed E-state index contributed by atoms with van der Waals surface area (Å²) in [6, 6.07) is 6.78. The zero-order valence-corrected chi connectivity index (χ0v) is 10.8. The monoisotopic (exact) mass is 250 g/mol. The lowest BCUT2D eigenvalue weighted by atomic mass is 10.1. The van der Waals surface area contributed by atoms with E-state index in [1.165, 1.54) is 0 Å². The third-order valence-corrected chi connectivity index (χ3v) is 2.36. The molecule has 0 amide bonds. The van der Waals surface area contributed by atoms with Crippen molar-refractivity contribution in [2.45, 2.75) is 12.5 Å². The van der Waals surface area contributed by atoms with Crippen molar-refractivity contribution in [1.82, 2.24) is 10.3 Å². The molecule has 1 atom stereocenters. The first-order valence-corrected chi connectivity index (χ1v) is 5.61. The third kappa shape index (κ3) is 4.50. The molecule has 0 aromatic heterocycles. The summed E-state index contributed by atoms with van der Waals surface area (Å²) < 4.78 is 0. The van der Waals surface area contributed by atoms with E-state index in [9.17, 15) is 4.79 Å². The minimum atomic E-state index is -0.853. The summed E-state index contributed by atoms with van der Waals surface area (Å²) in [7, 11) is 5.23. The Hall–Kier alpha value is -1.95. The summed E-state index contributed by atoms with van der Waals surface area (Å²) in [5, 5.41) is 21.2. The van der Waals surface area contributed by atoms with E-state index in [-0.39, 0.29) is 0 Å². The highest BCUT2D eigenvalue weighted by Crippen LogP contribution is 2.14. The van der Waals surface area contributed by atoms with Crippen LogP contribution in [0.5, 0.6) is 0 Å². The quantitative estimate of drug-likeness (QED) is 0.592. The molecule has 1 rings (SSSR count). The summed E-state index contributed by atoms with van der Waals surface area (Å²) in [4.78, 5) is 10.9. The van der Waals surface area contributed by atoms with Crippen LogP contribution in [0.2, 0.25) is 0 Å². The molecule has 2 N–H and O–H groups in total. The average Bonchev–Trinajstić information content (AvgIpc) is 2.34. The predicted molar refractivity (Wildman–Crippen MR) is 68.8 cm³/mol. The summed E-state index contributed by atoms with van der Waals surface area (Å²) in [5.41, 5.74) is 1.68. The lowest BCUT2D eigenvalue weighted by molar-refractivity contribution is -0.139. The van der Waals surface area contributed by atoms with Gasteiger partial charge in [-0.2, -0.15) is 0 Å². The number of carbonyl (C=O) groups is 1. The number of hydrogen-bond donors (Lipinski definition) is 2. The van der Waals surface area contributed by atoms with E-state index < -0.39 is 12.0 Å². The molecule has 0 aliphatic carbocycles. The molecule has 18 heavy (non-hydrogen) atoms. The Morgan fingerprint density at radius 3 is 2.44 bits per heavy atom. The fourth-order valence-corrected chi connectivity index (χ4v) is 1.39. The second-order valence-electron chi connectivity index (χ2n) is 4.09. The fourth-order valence-electron chi connectivity index (χ4n) is 1.39. The predicted octanol–water partition coefficient (Wildman–Crippen LogP) is 1.46. The Morgan fingerprint density at radius 1 is 1.39 bits per heavy atom. The van der Waals surface area contributed by atoms with Gasteiger partial charge in [-0.15, -0.1) is 5.11 Å². The summed E-state index contributed by atoms with van der Waals surface area (Å²) in [5.74, 6) is -0.853. The van der Waals surface area contributed by atoms with Gasteiger partial charge in [0, 0.05) is 14.1 Å². The van der Waals surface area contributed by atoms with Crippen LogP contribution < -0.4 is 5.32 Å². The highest BCUT2D eigenvalue weighted by atomic mass is 16.4. The maximum absolute atomic E-state index is 10.9. The minimum absolute atomic E-state index is 0.441. The number of aliphatic carboxylic acids is 1. The molecule has 0 aliphatic rings. The van der Waals surface area contributed by atoms with Crippen LogP contribution in [0, 0.1) is 0 Å². The normalized spacial score (nSPS) is 12.6. The van der Waals surface area contributed by atoms with Gasteiger partial charge in [-0.25, -0.2) is 0 Å². The van der Waals surface area contributed by atoms with Crippen molar-refractivity contribution in [3.63, 3.8) is 0 Å². The molecule has 6 heteroatoms. The molecule has 98 valence electrons. The number of nitrogens with one attached hydrogen (secondary N) is 1. The average molecular weight is 250 g/mol. The van der Waals surface area contributed by atoms with E-state index >= 15 is 0 Å². The van der Waals surface area contributed by atoms with Crippen LogP contribution in [0.3, 0.4) is 0 Å². The SMILES string of the molecule is CNC(Cc1ccc(N=NN(C)C)cc1)C(=O)O. The Labute approximate surface area is 106 Å². The second-order valence-corrected chi connectivity index (χ2v) is 4.09. The first-order valence-electron chi connectivity index (χ1n) is 5.61. The minimum Gasteiger partial charge on any atom is -0.480 e. The van der Waals surface area contributed by atoms with Gasteiger partial charge in [0.1, 0.15) is 6.04 Å². The summed E-state index contributed by atoms with van der Waals surface area (Å²) >= 11 is 0. The molecule has 0 fully saturated rings. The highest BCUT2D eigenvalue weighted by molar-refractivity contribution is 5.73. The van der Waals surface area contributed by atoms with Crippen LogP contribution >= 0.6 is 0 Å². The van der Waals surface area contributed by atoms with Gasteiger partial charge in [0.15, 0.2) is 0 Å². The van der Waals surface area contributed by atoms with Crippen molar-refractivity contribution in [2.75, 3.05) is 21.1 Å². The third-order valence-electron chi connectivity index (χ3n) is 2.36. The van der Waals surface area contributed by atoms with Crippen LogP contribution in [0.25, 0.3) is 0 Å². The van der Waals surface area contributed by atoms with Crippen LogP contribution in [0.1, 0.15) is 5.56 Å². The fraction of sp³-hybridized carbons (Fsp3) is 0.417. The van der Waals surface area contributed by atoms with Crippen molar-refractivity contribution in [3.8, 4) is 0 Å². The lowest BCUT2D eigenvalue weighted by Gasteiger charge is -2.10. The van der Waals surface area contributed by atoms with Gasteiger partial charge in [0.2, 0.25) is 0 Å². The molecule has 0 bridgehead atoms. The van der Waals surface area contributed by atoms with Crippen molar-refractivity contribution in [2.24, 2.45) is 10.3 Å². The standard InChI is InChI=1S/C12H18N4O2/c1-13-11(12(17)18)8-9-4-6-10(7-5-9)14-15-16(2)3/h4-7,11,13H,8H2,1-3H3,(H,17,18). The molecular formula is C12H18N4O2. The first kappa shape index (κ1) is 14.1. The Balaban J connectivity index is 2.68. The van der Waals surface area contributed by atoms with E-state index in [4.69, 9.17) is 5.11 Å². The summed E-state index contributed by atoms with van der Waals surface area (Å²) in [6.45, 7) is 0. The Kier molecular flexibility index (Phi) is 5.26. The molecule has 0 radical (unpaired) electrons. The number of hydrogen-bond acceptors (Lipinski definition) is 4. The molecule has 0 saturated carbocycles. The molecule has 6 nitrogen and oxygen atoms in total. The molecule has 0 saturated heterocycles. The second kappa shape index (κ2) is 6.70. The van der Waals surface area contributed by atoms with Crippen molar-refractivity contribution in [3.05, 3.63) is 29.8 Å². The zero-order chi connectivity index (χ0) is 13.5. The first-order chi connectivity index (χ1) is 8.52. The van der Waals surface area contributed by atoms with Gasteiger partial charge >= 0.3 is 5.97 Å². The van der Waals surface area contributed by atoms with Gasteiger partial charge < -0.3 is 10.4 Å². The molecule has 1 unspecified atom stereocenters. The van der Waals surface area contributed by atoms with E-state index in [1.807, 2.05) is 24.3 Å². The Morgan fingerprint density at radius 2 is 2.00 bits per heavy atom. The maximum Gasteiger partial charge on any atom is 0.321 e. The van der Waals surface area contributed by atoms with Gasteiger partial charge in [0.25, 0.3) is 0 Å². The number of carboxylic acids is 1. The number of likely N-dealkylation sites (N-methyl/N-ethyl adjacent to an activating group) is 1. The highest BCUT2D eigenvalue weighted by Gasteiger charge is 2.14. The molecular weight excluding hydrogens is 232 g/mol. The van der Waals surface area contributed by atoms with Crippen molar-refractivity contribution in [1.29, 1.82) is 0 Å². The Bertz CT molecular complexity index is 415.